The minimum atomic E-state index is -0.0585. The lowest BCUT2D eigenvalue weighted by atomic mass is 10.5. The molecule has 1 N–H and O–H groups in total. The number of hydrogen-bond acceptors (Lipinski definition) is 1. The molecule has 0 atom stereocenters. The normalized spacial score (nSPS) is 10.3. The number of H-pyrrole nitrogens is 1. The summed E-state index contributed by atoms with van der Waals surface area (Å²) in [6, 6.07) is 0. The van der Waals surface area contributed by atoms with Gasteiger partial charge in [-0.2, -0.15) is 0 Å². The van der Waals surface area contributed by atoms with E-state index in [1.54, 1.807) is 0 Å². The van der Waals surface area contributed by atoms with Gasteiger partial charge in [-0.1, -0.05) is 20.1 Å². The number of rotatable bonds is 2. The van der Waals surface area contributed by atoms with Crippen LogP contribution >= 0.6 is 0 Å². The zero-order chi connectivity index (χ0) is 8.43. The third-order valence-corrected chi connectivity index (χ3v) is 1.58. The zero-order valence-corrected chi connectivity index (χ0v) is 6.68. The molecule has 0 saturated heterocycles. The molecule has 1 rings (SSSR count). The van der Waals surface area contributed by atoms with Gasteiger partial charge >= 0.3 is 0 Å². The van der Waals surface area contributed by atoms with Gasteiger partial charge in [-0.25, -0.2) is 0 Å². The lowest BCUT2D eigenvalue weighted by Gasteiger charge is -1.94. The van der Waals surface area contributed by atoms with Gasteiger partial charge in [0.25, 0.3) is 5.56 Å². The first kappa shape index (κ1) is 7.85. The van der Waals surface area contributed by atoms with Gasteiger partial charge in [0.1, 0.15) is 0 Å². The molecule has 0 radical (unpaired) electrons. The van der Waals surface area contributed by atoms with Crippen LogP contribution in [0.4, 0.5) is 0 Å². The fraction of sp³-hybridized carbons (Fsp3) is 0.375. The molecule has 0 fully saturated rings. The molecule has 0 spiro atoms. The van der Waals surface area contributed by atoms with Gasteiger partial charge in [0, 0.05) is 6.54 Å². The van der Waals surface area contributed by atoms with Crippen molar-refractivity contribution in [2.24, 2.45) is 0 Å². The van der Waals surface area contributed by atoms with Crippen molar-refractivity contribution in [2.75, 3.05) is 0 Å². The number of nitrogens with zero attached hydrogens (tertiary/aromatic N) is 1. The predicted molar refractivity (Wildman–Crippen MR) is 45.6 cm³/mol. The molecule has 0 aliphatic rings. The first-order chi connectivity index (χ1) is 5.16. The molecule has 1 aromatic heterocycles. The second-order valence-corrected chi connectivity index (χ2v) is 2.53. The van der Waals surface area contributed by atoms with E-state index in [-0.39, 0.29) is 5.56 Å². The highest BCUT2D eigenvalue weighted by Crippen LogP contribution is 1.75. The Morgan fingerprint density at radius 1 is 1.55 bits per heavy atom. The Morgan fingerprint density at radius 3 is 2.55 bits per heavy atom. The minimum absolute atomic E-state index is 0.0585. The lowest BCUT2D eigenvalue weighted by molar-refractivity contribution is 0.581. The predicted octanol–water partition coefficient (Wildman–Crippen LogP) is -0.593. The van der Waals surface area contributed by atoms with Crippen molar-refractivity contribution in [3.8, 4) is 0 Å². The smallest absolute Gasteiger partial charge is 0.273 e. The third-order valence-electron chi connectivity index (χ3n) is 1.58. The molecule has 3 nitrogen and oxygen atoms in total. The van der Waals surface area contributed by atoms with Gasteiger partial charge in [0.2, 0.25) is 0 Å². The molecule has 11 heavy (non-hydrogen) atoms. The molecule has 60 valence electrons. The number of nitrogens with one attached hydrogen (secondary N) is 1. The summed E-state index contributed by atoms with van der Waals surface area (Å²) in [5.74, 6) is 0. The van der Waals surface area contributed by atoms with E-state index in [9.17, 15) is 4.79 Å². The third kappa shape index (κ3) is 1.27. The van der Waals surface area contributed by atoms with E-state index in [4.69, 9.17) is 0 Å². The van der Waals surface area contributed by atoms with Gasteiger partial charge in [0.05, 0.1) is 10.6 Å². The topological polar surface area (TPSA) is 37.8 Å². The van der Waals surface area contributed by atoms with Gasteiger partial charge in [0.15, 0.2) is 0 Å². The molecule has 0 amide bonds. The van der Waals surface area contributed by atoms with Crippen LogP contribution in [0.1, 0.15) is 13.3 Å². The van der Waals surface area contributed by atoms with E-state index < -0.39 is 0 Å². The van der Waals surface area contributed by atoms with Gasteiger partial charge < -0.3 is 0 Å². The molecule has 0 aromatic carbocycles. The highest BCUT2D eigenvalue weighted by Gasteiger charge is 1.96. The Hall–Kier alpha value is -1.25. The Balaban J connectivity index is 3.31. The van der Waals surface area contributed by atoms with Crippen LogP contribution in [-0.4, -0.2) is 9.78 Å². The quantitative estimate of drug-likeness (QED) is 0.604. The largest absolute Gasteiger partial charge is 0.296 e. The molecule has 0 unspecified atom stereocenters. The molecule has 0 aliphatic heterocycles. The van der Waals surface area contributed by atoms with Crippen molar-refractivity contribution in [2.45, 2.75) is 19.9 Å². The van der Waals surface area contributed by atoms with Crippen LogP contribution in [0.25, 0.3) is 13.2 Å². The van der Waals surface area contributed by atoms with E-state index in [0.717, 1.165) is 6.42 Å². The van der Waals surface area contributed by atoms with E-state index in [2.05, 4.69) is 18.3 Å². The first-order valence-electron chi connectivity index (χ1n) is 3.63. The summed E-state index contributed by atoms with van der Waals surface area (Å²) in [6.45, 7) is 9.96. The highest BCUT2D eigenvalue weighted by molar-refractivity contribution is 5.06. The molecule has 0 saturated carbocycles. The van der Waals surface area contributed by atoms with Crippen LogP contribution < -0.4 is 16.1 Å². The van der Waals surface area contributed by atoms with Crippen LogP contribution in [0.5, 0.6) is 0 Å². The Morgan fingerprint density at radius 2 is 2.18 bits per heavy atom. The summed E-state index contributed by atoms with van der Waals surface area (Å²) in [4.78, 5) is 11.2. The van der Waals surface area contributed by atoms with Crippen molar-refractivity contribution >= 4 is 13.2 Å². The fourth-order valence-corrected chi connectivity index (χ4v) is 0.954. The maximum atomic E-state index is 11.2. The monoisotopic (exact) mass is 152 g/mol. The average molecular weight is 152 g/mol. The van der Waals surface area contributed by atoms with Crippen LogP contribution in [0.15, 0.2) is 4.79 Å². The second-order valence-electron chi connectivity index (χ2n) is 2.53. The number of hydrogen-bond donors (Lipinski definition) is 1. The Bertz CT molecular complexity index is 385. The number of aromatic amines is 1. The molecule has 3 heteroatoms. The summed E-state index contributed by atoms with van der Waals surface area (Å²) in [6.07, 6.45) is 0.930. The summed E-state index contributed by atoms with van der Waals surface area (Å²) in [7, 11) is 0. The maximum absolute atomic E-state index is 11.2. The Kier molecular flexibility index (Phi) is 1.98. The van der Waals surface area contributed by atoms with Crippen LogP contribution in [0, 0.1) is 0 Å². The van der Waals surface area contributed by atoms with Gasteiger partial charge in [-0.15, -0.1) is 0 Å². The summed E-state index contributed by atoms with van der Waals surface area (Å²) >= 11 is 0. The number of aromatic nitrogens is 2. The molecular weight excluding hydrogens is 140 g/mol. The van der Waals surface area contributed by atoms with Crippen LogP contribution in [-0.2, 0) is 6.54 Å². The van der Waals surface area contributed by atoms with Crippen molar-refractivity contribution in [1.29, 1.82) is 0 Å². The summed E-state index contributed by atoms with van der Waals surface area (Å²) < 4.78 is 1.53. The van der Waals surface area contributed by atoms with Gasteiger partial charge in [-0.05, 0) is 6.42 Å². The molecule has 1 aromatic rings. The molecule has 0 bridgehead atoms. The second kappa shape index (κ2) is 2.78. The summed E-state index contributed by atoms with van der Waals surface area (Å²) in [5, 5.41) is 3.93. The van der Waals surface area contributed by atoms with E-state index in [0.29, 0.717) is 17.1 Å². The first-order valence-corrected chi connectivity index (χ1v) is 3.63. The zero-order valence-electron chi connectivity index (χ0n) is 6.68. The number of aryl methyl sites for hydroxylation is 1. The van der Waals surface area contributed by atoms with Crippen molar-refractivity contribution < 1.29 is 0 Å². The average Bonchev–Trinajstić information content (AvgIpc) is 2.19. The van der Waals surface area contributed by atoms with Crippen LogP contribution in [0.3, 0.4) is 0 Å². The molecule has 0 aliphatic carbocycles. The van der Waals surface area contributed by atoms with Crippen molar-refractivity contribution in [3.05, 3.63) is 20.9 Å². The minimum Gasteiger partial charge on any atom is -0.296 e. The van der Waals surface area contributed by atoms with Crippen molar-refractivity contribution in [1.82, 2.24) is 9.78 Å². The van der Waals surface area contributed by atoms with E-state index in [1.165, 1.54) is 4.68 Å². The lowest BCUT2D eigenvalue weighted by Crippen LogP contribution is -2.32. The van der Waals surface area contributed by atoms with Crippen LogP contribution in [0.2, 0.25) is 0 Å². The standard InChI is InChI=1S/C8H12N2O/c1-4-5-10-8(11)6(2)7(3)9-10/h9H,2-5H2,1H3. The van der Waals surface area contributed by atoms with Crippen molar-refractivity contribution in [3.63, 3.8) is 0 Å². The summed E-state index contributed by atoms with van der Waals surface area (Å²) in [5.41, 5.74) is -0.0585. The van der Waals surface area contributed by atoms with Gasteiger partial charge in [-0.3, -0.25) is 14.6 Å². The SMILES string of the molecule is C=c1[nH]n(CCC)c(=O)c1=C. The molecule has 1 heterocycles. The highest BCUT2D eigenvalue weighted by atomic mass is 16.1. The fourth-order valence-electron chi connectivity index (χ4n) is 0.954. The van der Waals surface area contributed by atoms with E-state index >= 15 is 0 Å². The maximum Gasteiger partial charge on any atom is 0.273 e. The Labute approximate surface area is 64.6 Å². The molecular formula is C8H12N2O. The van der Waals surface area contributed by atoms with E-state index in [1.807, 2.05) is 6.92 Å².